The molecule has 3 N–H and O–H groups in total. The fraction of sp³-hybridized carbons (Fsp3) is 0.679. The Morgan fingerprint density at radius 3 is 0.910 bits per heavy atom. The minimum Gasteiger partial charge on any atom is -0.462 e. The fourth-order valence-corrected chi connectivity index (χ4v) is 11.4. The normalized spacial score (nSPS) is 14.7. The van der Waals surface area contributed by atoms with E-state index in [2.05, 4.69) is 137 Å². The highest BCUT2D eigenvalue weighted by molar-refractivity contribution is 7.47. The van der Waals surface area contributed by atoms with Gasteiger partial charge < -0.3 is 33.8 Å². The zero-order chi connectivity index (χ0) is 73.2. The third kappa shape index (κ3) is 71.6. The standard InChI is InChI=1S/C81H136O17P2/c1-5-9-13-17-21-25-29-32-35-36-37-38-41-43-47-50-54-58-62-66-79(84)92-72-77(98-81(86)68-64-60-56-52-48-44-40-34-31-27-23-19-15-11-7-3)74-96-100(89,90)94-70-75(82)69-93-99(87,88)95-73-76(97-80(85)67-63-59-55-51-45-28-24-20-16-12-8-4)71-91-78(83)65-61-57-53-49-46-42-39-33-30-26-22-18-14-10-6-2/h9-10,13-14,21-23,25-27,32-35,37-40,46,49,57,61,75-77,82H,5-8,11-12,15-20,24,28-31,36,41-45,47-48,50-56,58-60,62-74H2,1-4H3,(H,87,88)(H,89,90)/b13-9-,14-10-,25-21-,26-22-,27-23-,35-32-,38-37-,39-33-,40-34-,49-46-,61-57-. The van der Waals surface area contributed by atoms with Crippen LogP contribution in [0.4, 0.5) is 0 Å². The Kier molecular flexibility index (Phi) is 69.1. The van der Waals surface area contributed by atoms with E-state index in [4.69, 9.17) is 37.0 Å². The number of phosphoric ester groups is 2. The highest BCUT2D eigenvalue weighted by atomic mass is 31.2. The SMILES string of the molecule is CC/C=C\C/C=C\C/C=C\C/C=C\C/C=C\CC(=O)OCC(COP(=O)(O)OCC(O)COP(=O)(O)OCC(COC(=O)CCCCCCCC/C=C\C/C=C\C/C=C\C/C=C\CC)OC(=O)CCCCCCC/C=C\C/C=C\CCCCC)OC(=O)CCCCCCCCCCCCC. The van der Waals surface area contributed by atoms with Crippen molar-refractivity contribution in [3.8, 4) is 0 Å². The van der Waals surface area contributed by atoms with Gasteiger partial charge in [0.05, 0.1) is 32.8 Å². The summed E-state index contributed by atoms with van der Waals surface area (Å²) in [6.45, 7) is 4.46. The second-order valence-electron chi connectivity index (χ2n) is 25.2. The smallest absolute Gasteiger partial charge is 0.462 e. The fourth-order valence-electron chi connectivity index (χ4n) is 9.84. The second-order valence-corrected chi connectivity index (χ2v) is 28.1. The van der Waals surface area contributed by atoms with Gasteiger partial charge in [-0.2, -0.15) is 0 Å². The van der Waals surface area contributed by atoms with E-state index < -0.39 is 97.5 Å². The molecule has 19 heteroatoms. The number of aliphatic hydroxyl groups is 1. The molecule has 0 bridgehead atoms. The molecule has 0 aliphatic heterocycles. The molecule has 17 nitrogen and oxygen atoms in total. The molecular weight excluding hydrogens is 1310 g/mol. The van der Waals surface area contributed by atoms with Crippen LogP contribution in [0.1, 0.15) is 297 Å². The minimum absolute atomic E-state index is 0.0709. The van der Waals surface area contributed by atoms with Crippen molar-refractivity contribution in [3.05, 3.63) is 134 Å². The zero-order valence-electron chi connectivity index (χ0n) is 62.3. The second kappa shape index (κ2) is 72.5. The van der Waals surface area contributed by atoms with Gasteiger partial charge in [0.15, 0.2) is 12.2 Å². The van der Waals surface area contributed by atoms with Gasteiger partial charge in [-0.25, -0.2) is 9.13 Å². The van der Waals surface area contributed by atoms with Crippen molar-refractivity contribution in [3.63, 3.8) is 0 Å². The number of aliphatic hydroxyl groups excluding tert-OH is 1. The van der Waals surface area contributed by atoms with Gasteiger partial charge in [-0.3, -0.25) is 37.3 Å². The van der Waals surface area contributed by atoms with E-state index in [0.717, 1.165) is 161 Å². The molecule has 0 aromatic carbocycles. The van der Waals surface area contributed by atoms with Crippen molar-refractivity contribution in [2.45, 2.75) is 316 Å². The third-order valence-corrected chi connectivity index (χ3v) is 17.5. The first-order valence-electron chi connectivity index (χ1n) is 38.4. The van der Waals surface area contributed by atoms with Gasteiger partial charge in [-0.1, -0.05) is 283 Å². The van der Waals surface area contributed by atoms with Crippen LogP contribution >= 0.6 is 15.6 Å². The lowest BCUT2D eigenvalue weighted by molar-refractivity contribution is -0.161. The number of allylic oxidation sites excluding steroid dienone is 21. The number of unbranched alkanes of at least 4 members (excludes halogenated alkanes) is 24. The van der Waals surface area contributed by atoms with Crippen LogP contribution in [-0.2, 0) is 65.4 Å². The van der Waals surface area contributed by atoms with Crippen LogP contribution in [0.15, 0.2) is 134 Å². The maximum Gasteiger partial charge on any atom is 0.472 e. The summed E-state index contributed by atoms with van der Waals surface area (Å²) in [5.41, 5.74) is 0. The minimum atomic E-state index is -4.99. The average molecular weight is 1440 g/mol. The van der Waals surface area contributed by atoms with Gasteiger partial charge in [0.2, 0.25) is 0 Å². The highest BCUT2D eigenvalue weighted by Crippen LogP contribution is 2.45. The molecule has 100 heavy (non-hydrogen) atoms. The van der Waals surface area contributed by atoms with Crippen LogP contribution in [0.3, 0.4) is 0 Å². The number of ether oxygens (including phenoxy) is 4. The molecule has 0 aliphatic carbocycles. The molecule has 0 heterocycles. The molecule has 0 saturated carbocycles. The summed E-state index contributed by atoms with van der Waals surface area (Å²) in [5.74, 6) is -2.35. The molecule has 572 valence electrons. The Morgan fingerprint density at radius 1 is 0.300 bits per heavy atom. The first kappa shape index (κ1) is 95.2. The number of esters is 4. The third-order valence-electron chi connectivity index (χ3n) is 15.6. The summed E-state index contributed by atoms with van der Waals surface area (Å²) in [4.78, 5) is 72.8. The maximum atomic E-state index is 13.1. The molecule has 0 aromatic rings. The number of carbonyl (C=O) groups is 4. The average Bonchev–Trinajstić information content (AvgIpc) is 0.945. The summed E-state index contributed by atoms with van der Waals surface area (Å²) in [6, 6.07) is 0. The topological polar surface area (TPSA) is 237 Å². The van der Waals surface area contributed by atoms with Crippen LogP contribution in [-0.4, -0.2) is 96.7 Å². The van der Waals surface area contributed by atoms with E-state index in [1.807, 2.05) is 18.2 Å². The Labute approximate surface area is 605 Å². The molecule has 0 fully saturated rings. The molecule has 5 unspecified atom stereocenters. The number of hydrogen-bond acceptors (Lipinski definition) is 15. The summed E-state index contributed by atoms with van der Waals surface area (Å²) in [7, 11) is -9.98. The first-order valence-corrected chi connectivity index (χ1v) is 41.4. The van der Waals surface area contributed by atoms with Gasteiger partial charge in [0, 0.05) is 19.3 Å². The summed E-state index contributed by atoms with van der Waals surface area (Å²) < 4.78 is 68.3. The predicted molar refractivity (Wildman–Crippen MR) is 408 cm³/mol. The molecule has 0 rings (SSSR count). The van der Waals surface area contributed by atoms with Gasteiger partial charge in [-0.15, -0.1) is 0 Å². The van der Waals surface area contributed by atoms with Crippen molar-refractivity contribution in [1.29, 1.82) is 0 Å². The number of carbonyl (C=O) groups excluding carboxylic acids is 4. The molecule has 0 aliphatic rings. The Bertz CT molecular complexity index is 2420. The molecular formula is C81H136O17P2. The van der Waals surface area contributed by atoms with Gasteiger partial charge in [0.1, 0.15) is 19.3 Å². The van der Waals surface area contributed by atoms with E-state index in [1.165, 1.54) is 57.8 Å². The van der Waals surface area contributed by atoms with Crippen LogP contribution in [0.2, 0.25) is 0 Å². The Morgan fingerprint density at radius 2 is 0.560 bits per heavy atom. The zero-order valence-corrected chi connectivity index (χ0v) is 64.1. The largest absolute Gasteiger partial charge is 0.472 e. The lowest BCUT2D eigenvalue weighted by Crippen LogP contribution is -2.30. The number of rotatable bonds is 71. The molecule has 0 aromatic heterocycles. The van der Waals surface area contributed by atoms with Crippen molar-refractivity contribution >= 4 is 39.5 Å². The first-order chi connectivity index (χ1) is 48.7. The van der Waals surface area contributed by atoms with Crippen molar-refractivity contribution in [2.24, 2.45) is 0 Å². The molecule has 0 amide bonds. The molecule has 0 spiro atoms. The highest BCUT2D eigenvalue weighted by Gasteiger charge is 2.30. The maximum absolute atomic E-state index is 13.1. The summed E-state index contributed by atoms with van der Waals surface area (Å²) in [5, 5.41) is 10.6. The molecule has 0 radical (unpaired) electrons. The van der Waals surface area contributed by atoms with Crippen LogP contribution < -0.4 is 0 Å². The summed E-state index contributed by atoms with van der Waals surface area (Å²) >= 11 is 0. The van der Waals surface area contributed by atoms with E-state index in [9.17, 15) is 43.2 Å². The van der Waals surface area contributed by atoms with Crippen molar-refractivity contribution in [1.82, 2.24) is 0 Å². The number of hydrogen-bond donors (Lipinski definition) is 3. The van der Waals surface area contributed by atoms with Crippen LogP contribution in [0, 0.1) is 0 Å². The molecule has 5 atom stereocenters. The predicted octanol–water partition coefficient (Wildman–Crippen LogP) is 22.1. The number of phosphoric acid groups is 2. The Hall–Kier alpha value is -4.80. The Balaban J connectivity index is 5.41. The lowest BCUT2D eigenvalue weighted by Gasteiger charge is -2.21. The molecule has 0 saturated heterocycles. The van der Waals surface area contributed by atoms with Crippen molar-refractivity contribution in [2.75, 3.05) is 39.6 Å². The van der Waals surface area contributed by atoms with E-state index in [1.54, 1.807) is 6.08 Å². The lowest BCUT2D eigenvalue weighted by atomic mass is 10.1. The summed E-state index contributed by atoms with van der Waals surface area (Å²) in [6.07, 6.45) is 80.4. The van der Waals surface area contributed by atoms with E-state index in [-0.39, 0.29) is 25.7 Å². The van der Waals surface area contributed by atoms with E-state index >= 15 is 0 Å². The van der Waals surface area contributed by atoms with Crippen LogP contribution in [0.5, 0.6) is 0 Å². The van der Waals surface area contributed by atoms with Gasteiger partial charge in [0.25, 0.3) is 0 Å². The van der Waals surface area contributed by atoms with Crippen LogP contribution in [0.25, 0.3) is 0 Å². The quantitative estimate of drug-likeness (QED) is 0.0169. The van der Waals surface area contributed by atoms with Crippen molar-refractivity contribution < 1.29 is 80.2 Å². The monoisotopic (exact) mass is 1440 g/mol. The van der Waals surface area contributed by atoms with Gasteiger partial charge in [-0.05, 0) is 122 Å². The van der Waals surface area contributed by atoms with Gasteiger partial charge >= 0.3 is 39.5 Å². The van der Waals surface area contributed by atoms with E-state index in [0.29, 0.717) is 25.7 Å².